The van der Waals surface area contributed by atoms with Crippen LogP contribution in [-0.4, -0.2) is 30.5 Å². The first-order chi connectivity index (χ1) is 10.5. The number of aromatic nitrogens is 5. The molecule has 1 aromatic carbocycles. The molecule has 2 aromatic heterocycles. The van der Waals surface area contributed by atoms with Crippen molar-refractivity contribution >= 4 is 16.9 Å². The third kappa shape index (κ3) is 2.58. The fourth-order valence-corrected chi connectivity index (χ4v) is 2.29. The molecule has 1 amide bonds. The number of aryl methyl sites for hydroxylation is 1. The van der Waals surface area contributed by atoms with Crippen LogP contribution in [0, 0.1) is 6.92 Å². The van der Waals surface area contributed by atoms with Crippen molar-refractivity contribution in [3.05, 3.63) is 52.2 Å². The predicted molar refractivity (Wildman–Crippen MR) is 79.1 cm³/mol. The lowest BCUT2D eigenvalue weighted by atomic mass is 10.2. The Hall–Kier alpha value is -3.03. The molecule has 0 bridgehead atoms. The van der Waals surface area contributed by atoms with Crippen LogP contribution in [0.25, 0.3) is 11.0 Å². The fourth-order valence-electron chi connectivity index (χ4n) is 2.29. The van der Waals surface area contributed by atoms with Gasteiger partial charge in [0, 0.05) is 0 Å². The van der Waals surface area contributed by atoms with Crippen LogP contribution < -0.4 is 11.3 Å². The van der Waals surface area contributed by atoms with E-state index in [2.05, 4.69) is 15.3 Å². The molecule has 0 aliphatic rings. The van der Waals surface area contributed by atoms with Gasteiger partial charge in [-0.25, -0.2) is 9.67 Å². The minimum atomic E-state index is -0.501. The second-order valence-electron chi connectivity index (χ2n) is 4.95. The number of carbonyl (C=O) groups excluding carboxylic acids is 1. The Morgan fingerprint density at radius 3 is 2.86 bits per heavy atom. The summed E-state index contributed by atoms with van der Waals surface area (Å²) in [6.07, 6.45) is 1.60. The highest BCUT2D eigenvalue weighted by atomic mass is 16.1. The standard InChI is InChI=1S/C14H14N6O2/c1-9-14(22)20(12-5-3-2-4-11(12)16-9)7-10-6-19(18-17-10)8-13(15)21/h2-6H,7-8H2,1H3,(H2,15,21). The Morgan fingerprint density at radius 2 is 2.09 bits per heavy atom. The second-order valence-corrected chi connectivity index (χ2v) is 4.95. The lowest BCUT2D eigenvalue weighted by Crippen LogP contribution is -2.24. The molecule has 0 radical (unpaired) electrons. The van der Waals surface area contributed by atoms with Crippen LogP contribution in [0.5, 0.6) is 0 Å². The maximum Gasteiger partial charge on any atom is 0.272 e. The van der Waals surface area contributed by atoms with E-state index in [4.69, 9.17) is 5.73 Å². The quantitative estimate of drug-likeness (QED) is 0.719. The molecule has 0 spiro atoms. The number of nitrogens with two attached hydrogens (primary N) is 1. The number of benzene rings is 1. The topological polar surface area (TPSA) is 109 Å². The van der Waals surface area contributed by atoms with Gasteiger partial charge in [-0.05, 0) is 19.1 Å². The van der Waals surface area contributed by atoms with E-state index in [1.54, 1.807) is 17.7 Å². The molecule has 112 valence electrons. The van der Waals surface area contributed by atoms with Gasteiger partial charge in [-0.3, -0.25) is 14.2 Å². The van der Waals surface area contributed by atoms with Crippen molar-refractivity contribution in [2.24, 2.45) is 5.73 Å². The van der Waals surface area contributed by atoms with Crippen LogP contribution in [0.2, 0.25) is 0 Å². The maximum atomic E-state index is 12.3. The average molecular weight is 298 g/mol. The summed E-state index contributed by atoms with van der Waals surface area (Å²) in [6, 6.07) is 7.39. The summed E-state index contributed by atoms with van der Waals surface area (Å²) in [5, 5.41) is 7.79. The third-order valence-electron chi connectivity index (χ3n) is 3.24. The molecule has 0 fully saturated rings. The molecule has 22 heavy (non-hydrogen) atoms. The molecule has 3 rings (SSSR count). The van der Waals surface area contributed by atoms with Crippen molar-refractivity contribution in [2.45, 2.75) is 20.0 Å². The van der Waals surface area contributed by atoms with E-state index in [1.807, 2.05) is 24.3 Å². The van der Waals surface area contributed by atoms with E-state index < -0.39 is 5.91 Å². The van der Waals surface area contributed by atoms with Gasteiger partial charge in [-0.1, -0.05) is 17.3 Å². The normalized spacial score (nSPS) is 11.0. The second kappa shape index (κ2) is 5.40. The van der Waals surface area contributed by atoms with Crippen molar-refractivity contribution < 1.29 is 4.79 Å². The first-order valence-electron chi connectivity index (χ1n) is 6.68. The molecule has 0 aliphatic heterocycles. The minimum absolute atomic E-state index is 0.0436. The number of hydrogen-bond acceptors (Lipinski definition) is 5. The SMILES string of the molecule is Cc1nc2ccccc2n(Cc2cn(CC(N)=O)nn2)c1=O. The molecule has 3 aromatic rings. The van der Waals surface area contributed by atoms with Gasteiger partial charge in [-0.15, -0.1) is 5.10 Å². The maximum absolute atomic E-state index is 12.3. The van der Waals surface area contributed by atoms with Gasteiger partial charge in [-0.2, -0.15) is 0 Å². The number of fused-ring (bicyclic) bond motifs is 1. The van der Waals surface area contributed by atoms with Crippen LogP contribution in [-0.2, 0) is 17.9 Å². The molecule has 2 heterocycles. The molecule has 0 saturated heterocycles. The highest BCUT2D eigenvalue weighted by Crippen LogP contribution is 2.11. The highest BCUT2D eigenvalue weighted by Gasteiger charge is 2.10. The minimum Gasteiger partial charge on any atom is -0.368 e. The average Bonchev–Trinajstić information content (AvgIpc) is 2.90. The van der Waals surface area contributed by atoms with E-state index in [9.17, 15) is 9.59 Å². The summed E-state index contributed by atoms with van der Waals surface area (Å²) in [5.74, 6) is -0.501. The zero-order valence-electron chi connectivity index (χ0n) is 11.9. The number of nitrogens with zero attached hydrogens (tertiary/aromatic N) is 5. The van der Waals surface area contributed by atoms with Crippen molar-refractivity contribution in [2.75, 3.05) is 0 Å². The van der Waals surface area contributed by atoms with Crippen LogP contribution >= 0.6 is 0 Å². The van der Waals surface area contributed by atoms with Gasteiger partial charge in [0.1, 0.15) is 17.9 Å². The van der Waals surface area contributed by atoms with Gasteiger partial charge in [0.05, 0.1) is 23.8 Å². The van der Waals surface area contributed by atoms with Gasteiger partial charge >= 0.3 is 0 Å². The zero-order chi connectivity index (χ0) is 15.7. The predicted octanol–water partition coefficient (Wildman–Crippen LogP) is -0.170. The smallest absolute Gasteiger partial charge is 0.272 e. The third-order valence-corrected chi connectivity index (χ3v) is 3.24. The molecule has 0 unspecified atom stereocenters. The van der Waals surface area contributed by atoms with E-state index in [0.717, 1.165) is 11.0 Å². The largest absolute Gasteiger partial charge is 0.368 e. The molecule has 0 saturated carbocycles. The fraction of sp³-hybridized carbons (Fsp3) is 0.214. The van der Waals surface area contributed by atoms with E-state index in [-0.39, 0.29) is 18.6 Å². The Bertz CT molecular complexity index is 911. The Kier molecular flexibility index (Phi) is 3.42. The van der Waals surface area contributed by atoms with E-state index in [0.29, 0.717) is 11.4 Å². The molecule has 8 nitrogen and oxygen atoms in total. The number of hydrogen-bond donors (Lipinski definition) is 1. The van der Waals surface area contributed by atoms with Crippen LogP contribution in [0.3, 0.4) is 0 Å². The molecule has 8 heteroatoms. The number of rotatable bonds is 4. The summed E-state index contributed by atoms with van der Waals surface area (Å²) in [5.41, 5.74) is 7.39. The molecule has 0 atom stereocenters. The summed E-state index contributed by atoms with van der Waals surface area (Å²) >= 11 is 0. The first-order valence-corrected chi connectivity index (χ1v) is 6.68. The summed E-state index contributed by atoms with van der Waals surface area (Å²) in [6.45, 7) is 1.88. The van der Waals surface area contributed by atoms with E-state index in [1.165, 1.54) is 4.68 Å². The Labute approximate surface area is 125 Å². The summed E-state index contributed by atoms with van der Waals surface area (Å²) < 4.78 is 2.94. The van der Waals surface area contributed by atoms with Gasteiger partial charge in [0.15, 0.2) is 0 Å². The number of para-hydroxylation sites is 2. The number of amides is 1. The highest BCUT2D eigenvalue weighted by molar-refractivity contribution is 5.74. The Balaban J connectivity index is 2.03. The van der Waals surface area contributed by atoms with Crippen molar-refractivity contribution in [3.8, 4) is 0 Å². The number of carbonyl (C=O) groups is 1. The van der Waals surface area contributed by atoms with E-state index >= 15 is 0 Å². The van der Waals surface area contributed by atoms with Gasteiger partial charge < -0.3 is 5.73 Å². The molecular weight excluding hydrogens is 284 g/mol. The summed E-state index contributed by atoms with van der Waals surface area (Å²) in [4.78, 5) is 27.5. The lowest BCUT2D eigenvalue weighted by molar-refractivity contribution is -0.118. The molecule has 2 N–H and O–H groups in total. The van der Waals surface area contributed by atoms with Crippen LogP contribution in [0.15, 0.2) is 35.3 Å². The van der Waals surface area contributed by atoms with Crippen molar-refractivity contribution in [1.82, 2.24) is 24.5 Å². The first kappa shape index (κ1) is 13.9. The number of primary amides is 1. The Morgan fingerprint density at radius 1 is 1.32 bits per heavy atom. The zero-order valence-corrected chi connectivity index (χ0v) is 11.9. The molecule has 0 aliphatic carbocycles. The molecular formula is C14H14N6O2. The van der Waals surface area contributed by atoms with Crippen LogP contribution in [0.4, 0.5) is 0 Å². The lowest BCUT2D eigenvalue weighted by Gasteiger charge is -2.09. The van der Waals surface area contributed by atoms with Crippen molar-refractivity contribution in [1.29, 1.82) is 0 Å². The van der Waals surface area contributed by atoms with Crippen molar-refractivity contribution in [3.63, 3.8) is 0 Å². The summed E-state index contributed by atoms with van der Waals surface area (Å²) in [7, 11) is 0. The van der Waals surface area contributed by atoms with Gasteiger partial charge in [0.2, 0.25) is 5.91 Å². The van der Waals surface area contributed by atoms with Crippen LogP contribution in [0.1, 0.15) is 11.4 Å². The monoisotopic (exact) mass is 298 g/mol. The van der Waals surface area contributed by atoms with Gasteiger partial charge in [0.25, 0.3) is 5.56 Å².